The van der Waals surface area contributed by atoms with Gasteiger partial charge in [-0.15, -0.1) is 0 Å². The third-order valence-electron chi connectivity index (χ3n) is 4.95. The van der Waals surface area contributed by atoms with E-state index in [-0.39, 0.29) is 5.91 Å². The van der Waals surface area contributed by atoms with Gasteiger partial charge in [0.1, 0.15) is 18.0 Å². The molecule has 6 heteroatoms. The number of hydrogen-bond donors (Lipinski definition) is 1. The van der Waals surface area contributed by atoms with E-state index in [2.05, 4.69) is 10.3 Å². The molecule has 1 aromatic carbocycles. The molecule has 0 spiro atoms. The highest BCUT2D eigenvalue weighted by Crippen LogP contribution is 2.21. The topological polar surface area (TPSA) is 58.9 Å². The van der Waals surface area contributed by atoms with Crippen molar-refractivity contribution in [2.75, 3.05) is 26.7 Å². The Balaban J connectivity index is 1.40. The van der Waals surface area contributed by atoms with E-state index in [0.717, 1.165) is 37.4 Å². The number of benzene rings is 1. The zero-order chi connectivity index (χ0) is 18.6. The molecule has 140 valence electrons. The van der Waals surface area contributed by atoms with Crippen LogP contribution in [0.25, 0.3) is 5.65 Å². The van der Waals surface area contributed by atoms with Gasteiger partial charge in [0.25, 0.3) is 5.91 Å². The van der Waals surface area contributed by atoms with Gasteiger partial charge in [-0.2, -0.15) is 0 Å². The standard InChI is InChI=1S/C21H24N4O2/c1-22-12-16-8-10-25(13-16)21(26)17-5-4-6-19(11-17)27-15-18-14-24-9-3-2-7-20(24)23-18/h2-7,9,11,14,16,22H,8,10,12-13,15H2,1H3/t16-/m1/s1. The molecule has 27 heavy (non-hydrogen) atoms. The fourth-order valence-corrected chi connectivity index (χ4v) is 3.59. The normalized spacial score (nSPS) is 16.8. The van der Waals surface area contributed by atoms with Crippen LogP contribution in [-0.2, 0) is 6.61 Å². The smallest absolute Gasteiger partial charge is 0.253 e. The molecule has 2 aromatic heterocycles. The second-order valence-corrected chi connectivity index (χ2v) is 6.98. The molecule has 6 nitrogen and oxygen atoms in total. The molecule has 1 aliphatic heterocycles. The van der Waals surface area contributed by atoms with Crippen LogP contribution in [0.1, 0.15) is 22.5 Å². The monoisotopic (exact) mass is 364 g/mol. The number of rotatable bonds is 6. The third-order valence-corrected chi connectivity index (χ3v) is 4.95. The molecule has 1 amide bonds. The fourth-order valence-electron chi connectivity index (χ4n) is 3.59. The van der Waals surface area contributed by atoms with Crippen LogP contribution in [0.4, 0.5) is 0 Å². The lowest BCUT2D eigenvalue weighted by molar-refractivity contribution is 0.0786. The summed E-state index contributed by atoms with van der Waals surface area (Å²) in [5.74, 6) is 1.30. The van der Waals surface area contributed by atoms with E-state index >= 15 is 0 Å². The number of carbonyl (C=O) groups excluding carboxylic acids is 1. The van der Waals surface area contributed by atoms with E-state index in [1.165, 1.54) is 0 Å². The maximum Gasteiger partial charge on any atom is 0.253 e. The molecule has 4 rings (SSSR count). The van der Waals surface area contributed by atoms with E-state index in [1.807, 2.05) is 71.2 Å². The van der Waals surface area contributed by atoms with Crippen molar-refractivity contribution in [3.63, 3.8) is 0 Å². The van der Waals surface area contributed by atoms with Gasteiger partial charge in [-0.25, -0.2) is 4.98 Å². The predicted octanol–water partition coefficient (Wildman–Crippen LogP) is 2.59. The van der Waals surface area contributed by atoms with Crippen molar-refractivity contribution in [3.05, 3.63) is 66.1 Å². The molecule has 0 unspecified atom stereocenters. The number of pyridine rings is 1. The number of fused-ring (bicyclic) bond motifs is 1. The van der Waals surface area contributed by atoms with Crippen molar-refractivity contribution >= 4 is 11.6 Å². The number of amides is 1. The Bertz CT molecular complexity index is 904. The molecule has 0 bridgehead atoms. The van der Waals surface area contributed by atoms with Crippen molar-refractivity contribution < 1.29 is 9.53 Å². The minimum Gasteiger partial charge on any atom is -0.487 e. The predicted molar refractivity (Wildman–Crippen MR) is 104 cm³/mol. The maximum atomic E-state index is 12.8. The van der Waals surface area contributed by atoms with Gasteiger partial charge in [-0.05, 0) is 56.3 Å². The first-order valence-corrected chi connectivity index (χ1v) is 9.32. The summed E-state index contributed by atoms with van der Waals surface area (Å²) in [6.45, 7) is 2.95. The number of nitrogens with one attached hydrogen (secondary N) is 1. The zero-order valence-corrected chi connectivity index (χ0v) is 15.5. The Morgan fingerprint density at radius 2 is 2.22 bits per heavy atom. The Hall–Kier alpha value is -2.86. The number of imidazole rings is 1. The van der Waals surface area contributed by atoms with Gasteiger partial charge in [-0.3, -0.25) is 4.79 Å². The maximum absolute atomic E-state index is 12.8. The molecule has 1 atom stereocenters. The number of ether oxygens (including phenoxy) is 1. The van der Waals surface area contributed by atoms with Crippen LogP contribution in [0.2, 0.25) is 0 Å². The summed E-state index contributed by atoms with van der Waals surface area (Å²) in [6, 6.07) is 13.3. The molecule has 1 fully saturated rings. The number of likely N-dealkylation sites (tertiary alicyclic amines) is 1. The van der Waals surface area contributed by atoms with E-state index in [1.54, 1.807) is 0 Å². The summed E-state index contributed by atoms with van der Waals surface area (Å²) < 4.78 is 7.84. The summed E-state index contributed by atoms with van der Waals surface area (Å²) in [6.07, 6.45) is 4.97. The number of carbonyl (C=O) groups is 1. The Morgan fingerprint density at radius 1 is 1.30 bits per heavy atom. The molecule has 3 aromatic rings. The van der Waals surface area contributed by atoms with Crippen LogP contribution < -0.4 is 10.1 Å². The van der Waals surface area contributed by atoms with Crippen molar-refractivity contribution in [2.24, 2.45) is 5.92 Å². The highest BCUT2D eigenvalue weighted by atomic mass is 16.5. The molecule has 0 aliphatic carbocycles. The Kier molecular flexibility index (Phi) is 5.07. The molecule has 3 heterocycles. The molecule has 0 saturated carbocycles. The average molecular weight is 364 g/mol. The lowest BCUT2D eigenvalue weighted by Gasteiger charge is -2.17. The van der Waals surface area contributed by atoms with Crippen molar-refractivity contribution in [1.29, 1.82) is 0 Å². The van der Waals surface area contributed by atoms with Crippen LogP contribution in [0.5, 0.6) is 5.75 Å². The SMILES string of the molecule is CNC[C@H]1CCN(C(=O)c2cccc(OCc3cn4ccccc4n3)c2)C1. The quantitative estimate of drug-likeness (QED) is 0.730. The highest BCUT2D eigenvalue weighted by Gasteiger charge is 2.26. The molecule has 0 radical (unpaired) electrons. The van der Waals surface area contributed by atoms with Gasteiger partial charge in [0.2, 0.25) is 0 Å². The molecule has 1 aliphatic rings. The largest absolute Gasteiger partial charge is 0.487 e. The summed E-state index contributed by atoms with van der Waals surface area (Å²) in [7, 11) is 1.95. The lowest BCUT2D eigenvalue weighted by atomic mass is 10.1. The number of aromatic nitrogens is 2. The summed E-state index contributed by atoms with van der Waals surface area (Å²) in [5.41, 5.74) is 2.42. The van der Waals surface area contributed by atoms with Crippen molar-refractivity contribution in [1.82, 2.24) is 19.6 Å². The van der Waals surface area contributed by atoms with Crippen LogP contribution in [0, 0.1) is 5.92 Å². The minimum atomic E-state index is 0.0757. The zero-order valence-electron chi connectivity index (χ0n) is 15.5. The first-order valence-electron chi connectivity index (χ1n) is 9.32. The van der Waals surface area contributed by atoms with Crippen LogP contribution in [0.3, 0.4) is 0 Å². The summed E-state index contributed by atoms with van der Waals surface area (Å²) in [5, 5.41) is 3.19. The van der Waals surface area contributed by atoms with Gasteiger partial charge in [0, 0.05) is 31.0 Å². The second kappa shape index (κ2) is 7.80. The van der Waals surface area contributed by atoms with E-state index in [4.69, 9.17) is 4.74 Å². The van der Waals surface area contributed by atoms with E-state index in [9.17, 15) is 4.79 Å². The summed E-state index contributed by atoms with van der Waals surface area (Å²) in [4.78, 5) is 19.2. The van der Waals surface area contributed by atoms with Gasteiger partial charge in [0.15, 0.2) is 0 Å². The van der Waals surface area contributed by atoms with Gasteiger partial charge >= 0.3 is 0 Å². The van der Waals surface area contributed by atoms with Gasteiger partial charge < -0.3 is 19.4 Å². The highest BCUT2D eigenvalue weighted by molar-refractivity contribution is 5.94. The number of hydrogen-bond acceptors (Lipinski definition) is 4. The van der Waals surface area contributed by atoms with E-state index < -0.39 is 0 Å². The Labute approximate surface area is 158 Å². The molecular weight excluding hydrogens is 340 g/mol. The summed E-state index contributed by atoms with van der Waals surface area (Å²) >= 11 is 0. The van der Waals surface area contributed by atoms with Crippen LogP contribution >= 0.6 is 0 Å². The fraction of sp³-hybridized carbons (Fsp3) is 0.333. The molecular formula is C21H24N4O2. The minimum absolute atomic E-state index is 0.0757. The molecule has 1 N–H and O–H groups in total. The van der Waals surface area contributed by atoms with Gasteiger partial charge in [-0.1, -0.05) is 12.1 Å². The molecule has 1 saturated heterocycles. The number of nitrogens with zero attached hydrogens (tertiary/aromatic N) is 3. The van der Waals surface area contributed by atoms with Gasteiger partial charge in [0.05, 0.1) is 5.69 Å². The Morgan fingerprint density at radius 3 is 3.07 bits per heavy atom. The van der Waals surface area contributed by atoms with Crippen LogP contribution in [-0.4, -0.2) is 46.9 Å². The lowest BCUT2D eigenvalue weighted by Crippen LogP contribution is -2.30. The van der Waals surface area contributed by atoms with Crippen molar-refractivity contribution in [2.45, 2.75) is 13.0 Å². The first kappa shape index (κ1) is 17.5. The average Bonchev–Trinajstić information content (AvgIpc) is 3.33. The second-order valence-electron chi connectivity index (χ2n) is 6.98. The van der Waals surface area contributed by atoms with E-state index in [0.29, 0.717) is 23.8 Å². The first-order chi connectivity index (χ1) is 13.2. The van der Waals surface area contributed by atoms with Crippen LogP contribution in [0.15, 0.2) is 54.9 Å². The van der Waals surface area contributed by atoms with Crippen molar-refractivity contribution in [3.8, 4) is 5.75 Å². The third kappa shape index (κ3) is 3.95.